The highest BCUT2D eigenvalue weighted by Crippen LogP contribution is 2.20. The van der Waals surface area contributed by atoms with Gasteiger partial charge in [0, 0.05) is 12.6 Å². The third kappa shape index (κ3) is 3.33. The molecule has 0 saturated heterocycles. The number of nitrogens with zero attached hydrogens (tertiary/aromatic N) is 3. The molecule has 0 aromatic heterocycles. The van der Waals surface area contributed by atoms with Crippen LogP contribution in [0.5, 0.6) is 0 Å². The van der Waals surface area contributed by atoms with E-state index in [1.807, 2.05) is 36.4 Å². The molecule has 0 aliphatic rings. The van der Waals surface area contributed by atoms with Crippen molar-refractivity contribution < 1.29 is 4.74 Å². The summed E-state index contributed by atoms with van der Waals surface area (Å²) in [4.78, 5) is 10.5. The van der Waals surface area contributed by atoms with Gasteiger partial charge in [0.05, 0.1) is 24.4 Å². The number of ether oxygens (including phenoxy) is 1. The molecule has 1 unspecified atom stereocenters. The average molecular weight is 219 g/mol. The predicted octanol–water partition coefficient (Wildman–Crippen LogP) is 2.23. The molecule has 0 bridgehead atoms. The zero-order chi connectivity index (χ0) is 11.8. The second-order valence-electron chi connectivity index (χ2n) is 3.20. The van der Waals surface area contributed by atoms with E-state index in [1.165, 1.54) is 12.1 Å². The van der Waals surface area contributed by atoms with Crippen molar-refractivity contribution in [2.75, 3.05) is 13.7 Å². The first-order valence-electron chi connectivity index (χ1n) is 4.89. The normalized spacial score (nSPS) is 11.5. The van der Waals surface area contributed by atoms with Gasteiger partial charge in [-0.15, -0.1) is 4.91 Å². The van der Waals surface area contributed by atoms with Crippen molar-refractivity contribution in [3.8, 4) is 6.07 Å². The first-order chi connectivity index (χ1) is 7.79. The summed E-state index contributed by atoms with van der Waals surface area (Å²) in [5.41, 5.74) is 0.836. The van der Waals surface area contributed by atoms with E-state index < -0.39 is 6.23 Å². The summed E-state index contributed by atoms with van der Waals surface area (Å²) in [7, 11) is 1.54. The van der Waals surface area contributed by atoms with Gasteiger partial charge in [0.25, 0.3) is 0 Å². The van der Waals surface area contributed by atoms with E-state index in [0.29, 0.717) is 0 Å². The van der Waals surface area contributed by atoms with Gasteiger partial charge in [-0.1, -0.05) is 30.3 Å². The van der Waals surface area contributed by atoms with Gasteiger partial charge in [0.15, 0.2) is 6.23 Å². The summed E-state index contributed by atoms with van der Waals surface area (Å²) in [5, 5.41) is 12.4. The lowest BCUT2D eigenvalue weighted by Crippen LogP contribution is -2.21. The van der Waals surface area contributed by atoms with Crippen molar-refractivity contribution in [1.29, 1.82) is 5.26 Å². The molecular weight excluding hydrogens is 206 g/mol. The van der Waals surface area contributed by atoms with Crippen molar-refractivity contribution in [3.63, 3.8) is 0 Å². The maximum atomic E-state index is 10.5. The van der Waals surface area contributed by atoms with Crippen LogP contribution in [0, 0.1) is 16.2 Å². The fourth-order valence-electron chi connectivity index (χ4n) is 1.30. The molecule has 0 heterocycles. The summed E-state index contributed by atoms with van der Waals surface area (Å²) in [5.74, 6) is 0. The topological polar surface area (TPSA) is 65.7 Å². The van der Waals surface area contributed by atoms with Crippen molar-refractivity contribution in [2.24, 2.45) is 5.29 Å². The number of nitroso groups, excluding NO2 is 1. The van der Waals surface area contributed by atoms with E-state index in [9.17, 15) is 4.91 Å². The van der Waals surface area contributed by atoms with E-state index in [4.69, 9.17) is 10.00 Å². The van der Waals surface area contributed by atoms with Crippen molar-refractivity contribution in [2.45, 2.75) is 12.6 Å². The Kier molecular flexibility index (Phi) is 4.96. The molecule has 1 atom stereocenters. The standard InChI is InChI=1S/C11H13N3O2/c1-14(13-15)11(16-9-5-8-12)10-6-3-2-4-7-10/h2-4,6-7,11H,5,9H2,1H3. The van der Waals surface area contributed by atoms with E-state index >= 15 is 0 Å². The van der Waals surface area contributed by atoms with Crippen molar-refractivity contribution >= 4 is 0 Å². The number of nitriles is 1. The van der Waals surface area contributed by atoms with Gasteiger partial charge in [0.2, 0.25) is 0 Å². The van der Waals surface area contributed by atoms with Crippen molar-refractivity contribution in [3.05, 3.63) is 40.8 Å². The highest BCUT2D eigenvalue weighted by Gasteiger charge is 2.16. The lowest BCUT2D eigenvalue weighted by atomic mass is 10.2. The average Bonchev–Trinajstić information content (AvgIpc) is 2.35. The third-order valence-electron chi connectivity index (χ3n) is 2.04. The van der Waals surface area contributed by atoms with Crippen LogP contribution < -0.4 is 0 Å². The Labute approximate surface area is 94.2 Å². The highest BCUT2D eigenvalue weighted by atomic mass is 16.5. The van der Waals surface area contributed by atoms with Gasteiger partial charge in [-0.05, 0) is 0 Å². The molecule has 84 valence electrons. The quantitative estimate of drug-likeness (QED) is 0.318. The molecule has 5 nitrogen and oxygen atoms in total. The smallest absolute Gasteiger partial charge is 0.174 e. The summed E-state index contributed by atoms with van der Waals surface area (Å²) in [6, 6.07) is 11.3. The second kappa shape index (κ2) is 6.53. The number of hydrogen-bond acceptors (Lipinski definition) is 4. The summed E-state index contributed by atoms with van der Waals surface area (Å²) in [6.07, 6.45) is -0.247. The Balaban J connectivity index is 2.72. The van der Waals surface area contributed by atoms with Crippen molar-refractivity contribution in [1.82, 2.24) is 5.01 Å². The molecule has 1 aromatic rings. The largest absolute Gasteiger partial charge is 0.351 e. The SMILES string of the molecule is CN(N=O)C(OCCC#N)c1ccccc1. The molecule has 0 N–H and O–H groups in total. The lowest BCUT2D eigenvalue weighted by molar-refractivity contribution is -0.0483. The van der Waals surface area contributed by atoms with E-state index in [0.717, 1.165) is 5.56 Å². The van der Waals surface area contributed by atoms with Crippen LogP contribution in [0.1, 0.15) is 18.2 Å². The van der Waals surface area contributed by atoms with Gasteiger partial charge in [-0.3, -0.25) is 0 Å². The van der Waals surface area contributed by atoms with Gasteiger partial charge in [-0.2, -0.15) is 5.26 Å². The molecule has 0 fully saturated rings. The van der Waals surface area contributed by atoms with E-state index in [1.54, 1.807) is 0 Å². The lowest BCUT2D eigenvalue weighted by Gasteiger charge is -2.22. The van der Waals surface area contributed by atoms with Crippen LogP contribution in [0.3, 0.4) is 0 Å². The van der Waals surface area contributed by atoms with Crippen LogP contribution in [-0.4, -0.2) is 18.7 Å². The minimum atomic E-state index is -0.535. The first-order valence-corrected chi connectivity index (χ1v) is 4.89. The van der Waals surface area contributed by atoms with Crippen LogP contribution in [0.2, 0.25) is 0 Å². The van der Waals surface area contributed by atoms with E-state index in [-0.39, 0.29) is 13.0 Å². The fourth-order valence-corrected chi connectivity index (χ4v) is 1.30. The zero-order valence-electron chi connectivity index (χ0n) is 9.04. The van der Waals surface area contributed by atoms with Crippen LogP contribution >= 0.6 is 0 Å². The molecule has 0 aliphatic heterocycles. The summed E-state index contributed by atoms with van der Waals surface area (Å²) >= 11 is 0. The monoisotopic (exact) mass is 219 g/mol. The second-order valence-corrected chi connectivity index (χ2v) is 3.20. The Bertz CT molecular complexity index is 361. The Morgan fingerprint density at radius 3 is 2.75 bits per heavy atom. The molecule has 0 aliphatic carbocycles. The van der Waals surface area contributed by atoms with Crippen LogP contribution in [-0.2, 0) is 4.74 Å². The molecule has 0 spiro atoms. The molecule has 1 rings (SSSR count). The number of hydrogen-bond donors (Lipinski definition) is 0. The Hall–Kier alpha value is -1.93. The Morgan fingerprint density at radius 1 is 1.50 bits per heavy atom. The van der Waals surface area contributed by atoms with Crippen LogP contribution in [0.25, 0.3) is 0 Å². The predicted molar refractivity (Wildman–Crippen MR) is 58.9 cm³/mol. The number of rotatable bonds is 6. The minimum Gasteiger partial charge on any atom is -0.351 e. The van der Waals surface area contributed by atoms with E-state index in [2.05, 4.69) is 5.29 Å². The minimum absolute atomic E-state index is 0.274. The first kappa shape index (κ1) is 12.1. The molecule has 0 radical (unpaired) electrons. The maximum Gasteiger partial charge on any atom is 0.174 e. The fraction of sp³-hybridized carbons (Fsp3) is 0.364. The van der Waals surface area contributed by atoms with Gasteiger partial charge in [-0.25, -0.2) is 5.01 Å². The van der Waals surface area contributed by atoms with Gasteiger partial charge >= 0.3 is 0 Å². The molecule has 1 aromatic carbocycles. The van der Waals surface area contributed by atoms with Gasteiger partial charge in [0.1, 0.15) is 0 Å². The molecular formula is C11H13N3O2. The molecule has 16 heavy (non-hydrogen) atoms. The molecule has 0 saturated carbocycles. The Morgan fingerprint density at radius 2 is 2.19 bits per heavy atom. The zero-order valence-corrected chi connectivity index (χ0v) is 9.04. The summed E-state index contributed by atoms with van der Waals surface area (Å²) < 4.78 is 5.43. The summed E-state index contributed by atoms with van der Waals surface area (Å²) in [6.45, 7) is 0.274. The number of benzene rings is 1. The molecule has 0 amide bonds. The molecule has 5 heteroatoms. The van der Waals surface area contributed by atoms with Crippen LogP contribution in [0.15, 0.2) is 35.6 Å². The van der Waals surface area contributed by atoms with Crippen LogP contribution in [0.4, 0.5) is 0 Å². The van der Waals surface area contributed by atoms with Gasteiger partial charge < -0.3 is 4.74 Å². The maximum absolute atomic E-state index is 10.5. The third-order valence-corrected chi connectivity index (χ3v) is 2.04. The highest BCUT2D eigenvalue weighted by molar-refractivity contribution is 5.16.